The summed E-state index contributed by atoms with van der Waals surface area (Å²) in [5.74, 6) is 3.28. The summed E-state index contributed by atoms with van der Waals surface area (Å²) in [6.45, 7) is 7.05. The van der Waals surface area contributed by atoms with Crippen molar-refractivity contribution < 1.29 is 42.8 Å². The topological polar surface area (TPSA) is 150 Å². The number of benzene rings is 4. The normalized spacial score (nSPS) is 18.3. The molecule has 0 bridgehead atoms. The fraction of sp³-hybridized carbons (Fsp3) is 0.340. The van der Waals surface area contributed by atoms with E-state index in [1.165, 1.54) is 14.2 Å². The molecule has 3 amide bonds. The van der Waals surface area contributed by atoms with Gasteiger partial charge in [-0.3, -0.25) is 24.4 Å². The highest BCUT2D eigenvalue weighted by Crippen LogP contribution is 2.43. The number of anilines is 1. The zero-order valence-corrected chi connectivity index (χ0v) is 36.6. The Morgan fingerprint density at radius 2 is 1.25 bits per heavy atom. The number of amides is 3. The number of hydrogen-bond acceptors (Lipinski definition) is 11. The van der Waals surface area contributed by atoms with Crippen LogP contribution < -0.4 is 33.7 Å². The minimum absolute atomic E-state index is 0.0166. The maximum Gasteiger partial charge on any atom is 0.260 e. The van der Waals surface area contributed by atoms with Crippen molar-refractivity contribution in [3.8, 4) is 34.5 Å². The largest absolute Gasteiger partial charge is 0.493 e. The monoisotopic (exact) mass is 865 g/mol. The number of fused-ring (bicyclic) bond motifs is 5. The second-order valence-corrected chi connectivity index (χ2v) is 16.9. The predicted octanol–water partition coefficient (Wildman–Crippen LogP) is 9.23. The van der Waals surface area contributed by atoms with Gasteiger partial charge < -0.3 is 43.5 Å². The molecular weight excluding hydrogens is 815 g/mol. The van der Waals surface area contributed by atoms with Gasteiger partial charge in [0.1, 0.15) is 0 Å². The molecule has 4 aromatic carbocycles. The number of ether oxygens (including phenoxy) is 6. The summed E-state index contributed by atoms with van der Waals surface area (Å²) in [7, 11) is 3.07. The fourth-order valence-electron chi connectivity index (χ4n) is 8.41. The van der Waals surface area contributed by atoms with Crippen molar-refractivity contribution in [2.45, 2.75) is 65.0 Å². The van der Waals surface area contributed by atoms with Gasteiger partial charge in [-0.15, -0.1) is 0 Å². The van der Waals surface area contributed by atoms with Crippen LogP contribution in [0.2, 0.25) is 0 Å². The first kappa shape index (κ1) is 42.2. The maximum atomic E-state index is 14.0. The van der Waals surface area contributed by atoms with E-state index < -0.39 is 0 Å². The third kappa shape index (κ3) is 8.51. The van der Waals surface area contributed by atoms with Crippen LogP contribution in [-0.2, 0) is 4.79 Å². The van der Waals surface area contributed by atoms with Crippen molar-refractivity contribution in [3.05, 3.63) is 101 Å². The second kappa shape index (κ2) is 17.9. The first-order chi connectivity index (χ1) is 31.1. The second-order valence-electron chi connectivity index (χ2n) is 16.9. The molecule has 3 atom stereocenters. The number of nitrogens with zero attached hydrogens (tertiary/aromatic N) is 4. The average Bonchev–Trinajstić information content (AvgIpc) is 4.04. The van der Waals surface area contributed by atoms with Crippen LogP contribution >= 0.6 is 0 Å². The Hall–Kier alpha value is -7.09. The van der Waals surface area contributed by atoms with Gasteiger partial charge in [-0.05, 0) is 71.0 Å². The number of rotatable bonds is 15. The van der Waals surface area contributed by atoms with Crippen molar-refractivity contribution in [1.29, 1.82) is 0 Å². The van der Waals surface area contributed by atoms with Gasteiger partial charge in [0.2, 0.25) is 12.7 Å². The van der Waals surface area contributed by atoms with Crippen LogP contribution in [0.25, 0.3) is 11.1 Å². The summed E-state index contributed by atoms with van der Waals surface area (Å²) in [4.78, 5) is 53.4. The van der Waals surface area contributed by atoms with Gasteiger partial charge in [-0.1, -0.05) is 45.4 Å². The van der Waals surface area contributed by atoms with E-state index in [0.717, 1.165) is 40.8 Å². The Morgan fingerprint density at radius 1 is 0.703 bits per heavy atom. The third-order valence-corrected chi connectivity index (χ3v) is 12.1. The first-order valence-corrected chi connectivity index (χ1v) is 21.7. The number of carbonyl (C=O) groups is 3. The van der Waals surface area contributed by atoms with E-state index in [-0.39, 0.29) is 55.7 Å². The molecule has 14 heteroatoms. The van der Waals surface area contributed by atoms with Gasteiger partial charge >= 0.3 is 0 Å². The van der Waals surface area contributed by atoms with Gasteiger partial charge in [-0.2, -0.15) is 0 Å². The van der Waals surface area contributed by atoms with Crippen molar-refractivity contribution in [1.82, 2.24) is 9.80 Å². The molecule has 0 aromatic heterocycles. The molecule has 5 aliphatic heterocycles. The zero-order chi connectivity index (χ0) is 44.5. The van der Waals surface area contributed by atoms with Crippen LogP contribution in [0.5, 0.6) is 34.5 Å². The van der Waals surface area contributed by atoms with Crippen molar-refractivity contribution in [2.75, 3.05) is 39.5 Å². The Balaban J connectivity index is 0.806. The van der Waals surface area contributed by atoms with Crippen LogP contribution in [0.1, 0.15) is 84.7 Å². The molecule has 0 saturated heterocycles. The lowest BCUT2D eigenvalue weighted by Crippen LogP contribution is -2.32. The van der Waals surface area contributed by atoms with Gasteiger partial charge in [0, 0.05) is 67.8 Å². The summed E-state index contributed by atoms with van der Waals surface area (Å²) in [5, 5.41) is 3.03. The molecular formula is C50H51N5O9. The highest BCUT2D eigenvalue weighted by Gasteiger charge is 2.35. The SMILES string of the molecule is COc1cc2c(cc1OCCCOc1cc3c(cc1OC)C(=O)N1C=C(c4ccc5c(c4)OCO5)C[C@H]1C=N3)N=C[C@@H]1CC(c3ccc(NC(=O)[C@@H](C)CCC(C)C)cc3)=CN1C2=O. The number of carbonyl (C=O) groups excluding carboxylic acids is 3. The van der Waals surface area contributed by atoms with Crippen LogP contribution in [0.15, 0.2) is 89.1 Å². The molecule has 14 nitrogen and oxygen atoms in total. The number of aliphatic imine (C=N–C) groups is 2. The van der Waals surface area contributed by atoms with Gasteiger partial charge in [0.05, 0.1) is 62.0 Å². The van der Waals surface area contributed by atoms with Crippen LogP contribution in [0.3, 0.4) is 0 Å². The molecule has 0 unspecified atom stereocenters. The molecule has 5 aliphatic rings. The maximum absolute atomic E-state index is 14.0. The minimum atomic E-state index is -0.258. The Labute approximate surface area is 372 Å². The molecule has 64 heavy (non-hydrogen) atoms. The lowest BCUT2D eigenvalue weighted by Gasteiger charge is -2.19. The summed E-state index contributed by atoms with van der Waals surface area (Å²) < 4.78 is 34.7. The summed E-state index contributed by atoms with van der Waals surface area (Å²) in [6.07, 6.45) is 10.9. The smallest absolute Gasteiger partial charge is 0.260 e. The number of hydrogen-bond donors (Lipinski definition) is 1. The Bertz CT molecular complexity index is 2620. The highest BCUT2D eigenvalue weighted by molar-refractivity contribution is 6.06. The predicted molar refractivity (Wildman–Crippen MR) is 244 cm³/mol. The lowest BCUT2D eigenvalue weighted by molar-refractivity contribution is -0.119. The molecule has 330 valence electrons. The van der Waals surface area contributed by atoms with Crippen LogP contribution in [-0.4, -0.2) is 86.3 Å². The van der Waals surface area contributed by atoms with E-state index in [2.05, 4.69) is 19.2 Å². The number of nitrogens with one attached hydrogen (secondary N) is 1. The van der Waals surface area contributed by atoms with Crippen LogP contribution in [0.4, 0.5) is 17.1 Å². The summed E-state index contributed by atoms with van der Waals surface area (Å²) in [6, 6.07) is 19.9. The van der Waals surface area contributed by atoms with E-state index in [9.17, 15) is 14.4 Å². The third-order valence-electron chi connectivity index (χ3n) is 12.1. The van der Waals surface area contributed by atoms with E-state index in [1.807, 2.05) is 61.8 Å². The molecule has 5 heterocycles. The molecule has 0 saturated carbocycles. The van der Waals surface area contributed by atoms with Crippen LogP contribution in [0, 0.1) is 11.8 Å². The van der Waals surface area contributed by atoms with Gasteiger partial charge in [0.25, 0.3) is 11.8 Å². The fourth-order valence-corrected chi connectivity index (χ4v) is 8.41. The molecule has 1 N–H and O–H groups in total. The molecule has 0 aliphatic carbocycles. The van der Waals surface area contributed by atoms with E-state index in [1.54, 1.807) is 46.5 Å². The molecule has 9 rings (SSSR count). The average molecular weight is 866 g/mol. The summed E-state index contributed by atoms with van der Waals surface area (Å²) >= 11 is 0. The lowest BCUT2D eigenvalue weighted by atomic mass is 9.98. The van der Waals surface area contributed by atoms with Gasteiger partial charge in [-0.25, -0.2) is 0 Å². The van der Waals surface area contributed by atoms with Crippen molar-refractivity contribution in [2.24, 2.45) is 21.8 Å². The van der Waals surface area contributed by atoms with E-state index in [0.29, 0.717) is 82.2 Å². The summed E-state index contributed by atoms with van der Waals surface area (Å²) in [5.41, 5.74) is 6.50. The van der Waals surface area contributed by atoms with Crippen molar-refractivity contribution in [3.63, 3.8) is 0 Å². The van der Waals surface area contributed by atoms with Crippen molar-refractivity contribution >= 4 is 58.4 Å². The standard InChI is InChI=1S/C50H51N5O9/c1-29(2)7-8-30(3)48(56)53-35-12-9-31(10-13-35)33-17-36-24-51-40-22-46(43(59-4)20-38(40)49(57)54(36)26-33)61-15-6-16-62-47-23-41-39(21-44(47)60-5)50(58)55-27-34(18-37(55)25-52-41)32-11-14-42-45(19-32)64-28-63-42/h9-14,19-27,29-30,36-37H,6-8,15-18,28H2,1-5H3,(H,53,56)/t30-,36-,37-/m0/s1. The zero-order valence-electron chi connectivity index (χ0n) is 36.6. The van der Waals surface area contributed by atoms with E-state index in [4.69, 9.17) is 38.4 Å². The first-order valence-electron chi connectivity index (χ1n) is 21.7. The molecule has 0 radical (unpaired) electrons. The van der Waals surface area contributed by atoms with Gasteiger partial charge in [0.15, 0.2) is 34.5 Å². The Morgan fingerprint density at radius 3 is 1.81 bits per heavy atom. The molecule has 4 aromatic rings. The highest BCUT2D eigenvalue weighted by atomic mass is 16.7. The van der Waals surface area contributed by atoms with E-state index >= 15 is 0 Å². The Kier molecular flexibility index (Phi) is 11.8. The molecule has 0 fully saturated rings. The number of methoxy groups -OCH3 is 2. The quantitative estimate of drug-likeness (QED) is 0.115. The molecule has 0 spiro atoms. The minimum Gasteiger partial charge on any atom is -0.493 e.